The van der Waals surface area contributed by atoms with Crippen molar-refractivity contribution < 1.29 is 9.53 Å². The standard InChI is InChI=1S/C17H25NO2/c1-5-7-17(8-6-9-18-17)16(19)14-10-13(3)15(20-4)11-12(14)2/h10-11,18H,5-9H2,1-4H3. The van der Waals surface area contributed by atoms with E-state index in [-0.39, 0.29) is 11.3 Å². The second kappa shape index (κ2) is 5.96. The molecule has 1 aromatic rings. The van der Waals surface area contributed by atoms with Gasteiger partial charge in [-0.2, -0.15) is 0 Å². The molecule has 3 nitrogen and oxygen atoms in total. The van der Waals surface area contributed by atoms with Crippen molar-refractivity contribution in [2.75, 3.05) is 13.7 Å². The molecule has 0 aromatic heterocycles. The molecule has 1 aliphatic rings. The average Bonchev–Trinajstić information content (AvgIpc) is 2.90. The van der Waals surface area contributed by atoms with E-state index in [0.29, 0.717) is 0 Å². The average molecular weight is 275 g/mol. The SMILES string of the molecule is CCCC1(C(=O)c2cc(C)c(OC)cc2C)CCCN1. The molecule has 1 aromatic carbocycles. The third-order valence-electron chi connectivity index (χ3n) is 4.34. The van der Waals surface area contributed by atoms with Gasteiger partial charge in [-0.15, -0.1) is 0 Å². The van der Waals surface area contributed by atoms with Crippen LogP contribution in [0.4, 0.5) is 0 Å². The molecule has 0 spiro atoms. The first-order chi connectivity index (χ1) is 9.54. The van der Waals surface area contributed by atoms with Gasteiger partial charge in [0.15, 0.2) is 5.78 Å². The van der Waals surface area contributed by atoms with Crippen LogP contribution in [0.25, 0.3) is 0 Å². The van der Waals surface area contributed by atoms with Crippen molar-refractivity contribution in [3.8, 4) is 5.75 Å². The molecule has 20 heavy (non-hydrogen) atoms. The lowest BCUT2D eigenvalue weighted by Crippen LogP contribution is -2.47. The van der Waals surface area contributed by atoms with Crippen LogP contribution in [0.5, 0.6) is 5.75 Å². The van der Waals surface area contributed by atoms with Gasteiger partial charge in [0.25, 0.3) is 0 Å². The fourth-order valence-electron chi connectivity index (χ4n) is 3.27. The molecule has 0 bridgehead atoms. The summed E-state index contributed by atoms with van der Waals surface area (Å²) < 4.78 is 5.33. The molecule has 0 aliphatic carbocycles. The number of benzene rings is 1. The summed E-state index contributed by atoms with van der Waals surface area (Å²) in [5.74, 6) is 1.10. The van der Waals surface area contributed by atoms with E-state index in [2.05, 4.69) is 12.2 Å². The lowest BCUT2D eigenvalue weighted by molar-refractivity contribution is 0.0857. The van der Waals surface area contributed by atoms with E-state index in [9.17, 15) is 4.79 Å². The molecule has 1 unspecified atom stereocenters. The van der Waals surface area contributed by atoms with Gasteiger partial charge in [0.1, 0.15) is 5.75 Å². The lowest BCUT2D eigenvalue weighted by Gasteiger charge is -2.28. The second-order valence-corrected chi connectivity index (χ2v) is 5.83. The van der Waals surface area contributed by atoms with Crippen molar-refractivity contribution in [3.05, 3.63) is 28.8 Å². The Morgan fingerprint density at radius 3 is 2.65 bits per heavy atom. The Balaban J connectivity index is 2.39. The van der Waals surface area contributed by atoms with Gasteiger partial charge >= 0.3 is 0 Å². The molecule has 0 radical (unpaired) electrons. The summed E-state index contributed by atoms with van der Waals surface area (Å²) in [5.41, 5.74) is 2.51. The van der Waals surface area contributed by atoms with Gasteiger partial charge in [-0.25, -0.2) is 0 Å². The fraction of sp³-hybridized carbons (Fsp3) is 0.588. The third kappa shape index (κ3) is 2.59. The van der Waals surface area contributed by atoms with E-state index in [1.165, 1.54) is 0 Å². The highest BCUT2D eigenvalue weighted by molar-refractivity contribution is 6.04. The Morgan fingerprint density at radius 1 is 1.35 bits per heavy atom. The summed E-state index contributed by atoms with van der Waals surface area (Å²) in [6.45, 7) is 7.06. The molecule has 3 heteroatoms. The summed E-state index contributed by atoms with van der Waals surface area (Å²) >= 11 is 0. The van der Waals surface area contributed by atoms with Crippen molar-refractivity contribution in [1.29, 1.82) is 0 Å². The Hall–Kier alpha value is -1.35. The van der Waals surface area contributed by atoms with Gasteiger partial charge in [0.2, 0.25) is 0 Å². The molecular formula is C17H25NO2. The number of carbonyl (C=O) groups excluding carboxylic acids is 1. The zero-order valence-corrected chi connectivity index (χ0v) is 13.0. The smallest absolute Gasteiger partial charge is 0.183 e. The monoisotopic (exact) mass is 275 g/mol. The van der Waals surface area contributed by atoms with E-state index in [4.69, 9.17) is 4.74 Å². The molecule has 0 saturated carbocycles. The Labute approximate surface area is 121 Å². The van der Waals surface area contributed by atoms with Gasteiger partial charge < -0.3 is 10.1 Å². The summed E-state index contributed by atoms with van der Waals surface area (Å²) in [4.78, 5) is 13.0. The van der Waals surface area contributed by atoms with Crippen LogP contribution >= 0.6 is 0 Å². The van der Waals surface area contributed by atoms with Gasteiger partial charge in [0.05, 0.1) is 12.6 Å². The molecule has 0 amide bonds. The normalized spacial score (nSPS) is 22.0. The summed E-state index contributed by atoms with van der Waals surface area (Å²) in [6.07, 6.45) is 3.97. The largest absolute Gasteiger partial charge is 0.496 e. The first kappa shape index (κ1) is 15.0. The van der Waals surface area contributed by atoms with Crippen LogP contribution in [0.2, 0.25) is 0 Å². The number of Topliss-reactive ketones (excluding diaryl/α,β-unsaturated/α-hetero) is 1. The van der Waals surface area contributed by atoms with Crippen LogP contribution in [0.15, 0.2) is 12.1 Å². The van der Waals surface area contributed by atoms with E-state index in [1.54, 1.807) is 7.11 Å². The van der Waals surface area contributed by atoms with Gasteiger partial charge in [-0.1, -0.05) is 13.3 Å². The summed E-state index contributed by atoms with van der Waals surface area (Å²) in [7, 11) is 1.67. The predicted molar refractivity (Wildman–Crippen MR) is 81.7 cm³/mol. The van der Waals surface area contributed by atoms with Crippen molar-refractivity contribution in [2.24, 2.45) is 0 Å². The number of hydrogen-bond donors (Lipinski definition) is 1. The minimum absolute atomic E-state index is 0.250. The maximum atomic E-state index is 13.0. The molecule has 1 N–H and O–H groups in total. The van der Waals surface area contributed by atoms with Crippen LogP contribution < -0.4 is 10.1 Å². The van der Waals surface area contributed by atoms with Crippen LogP contribution in [0.1, 0.15) is 54.1 Å². The molecular weight excluding hydrogens is 250 g/mol. The van der Waals surface area contributed by atoms with E-state index in [0.717, 1.165) is 54.7 Å². The molecule has 2 rings (SSSR count). The minimum Gasteiger partial charge on any atom is -0.496 e. The maximum absolute atomic E-state index is 13.0. The quantitative estimate of drug-likeness (QED) is 0.837. The summed E-state index contributed by atoms with van der Waals surface area (Å²) in [6, 6.07) is 3.95. The number of methoxy groups -OCH3 is 1. The Bertz CT molecular complexity index is 502. The second-order valence-electron chi connectivity index (χ2n) is 5.83. The molecule has 110 valence electrons. The molecule has 1 atom stereocenters. The van der Waals surface area contributed by atoms with Crippen LogP contribution in [0.3, 0.4) is 0 Å². The maximum Gasteiger partial charge on any atom is 0.183 e. The highest BCUT2D eigenvalue weighted by atomic mass is 16.5. The van der Waals surface area contributed by atoms with Crippen LogP contribution in [-0.2, 0) is 0 Å². The number of aryl methyl sites for hydroxylation is 2. The molecule has 1 aliphatic heterocycles. The number of nitrogens with one attached hydrogen (secondary N) is 1. The van der Waals surface area contributed by atoms with Crippen molar-refractivity contribution in [3.63, 3.8) is 0 Å². The van der Waals surface area contributed by atoms with Gasteiger partial charge in [-0.05, 0) is 62.9 Å². The van der Waals surface area contributed by atoms with Gasteiger partial charge in [0, 0.05) is 5.56 Å². The first-order valence-corrected chi connectivity index (χ1v) is 7.49. The first-order valence-electron chi connectivity index (χ1n) is 7.49. The van der Waals surface area contributed by atoms with Gasteiger partial charge in [-0.3, -0.25) is 4.79 Å². The number of hydrogen-bond acceptors (Lipinski definition) is 3. The zero-order chi connectivity index (χ0) is 14.8. The number of ketones is 1. The highest BCUT2D eigenvalue weighted by Crippen LogP contribution is 2.32. The lowest BCUT2D eigenvalue weighted by atomic mass is 9.82. The van der Waals surface area contributed by atoms with Crippen molar-refractivity contribution >= 4 is 5.78 Å². The van der Waals surface area contributed by atoms with Crippen molar-refractivity contribution in [1.82, 2.24) is 5.32 Å². The van der Waals surface area contributed by atoms with Crippen LogP contribution in [-0.4, -0.2) is 25.0 Å². The minimum atomic E-state index is -0.347. The molecule has 1 saturated heterocycles. The number of rotatable bonds is 5. The van der Waals surface area contributed by atoms with E-state index in [1.807, 2.05) is 26.0 Å². The Morgan fingerprint density at radius 2 is 2.10 bits per heavy atom. The predicted octanol–water partition coefficient (Wildman–Crippen LogP) is 3.42. The molecule has 1 heterocycles. The topological polar surface area (TPSA) is 38.3 Å². The molecule has 1 fully saturated rings. The number of ether oxygens (including phenoxy) is 1. The number of carbonyl (C=O) groups is 1. The fourth-order valence-corrected chi connectivity index (χ4v) is 3.27. The highest BCUT2D eigenvalue weighted by Gasteiger charge is 2.40. The zero-order valence-electron chi connectivity index (χ0n) is 13.0. The summed E-state index contributed by atoms with van der Waals surface area (Å²) in [5, 5.41) is 3.46. The van der Waals surface area contributed by atoms with E-state index >= 15 is 0 Å². The third-order valence-corrected chi connectivity index (χ3v) is 4.34. The Kier molecular flexibility index (Phi) is 4.48. The van der Waals surface area contributed by atoms with Crippen LogP contribution in [0, 0.1) is 13.8 Å². The van der Waals surface area contributed by atoms with E-state index < -0.39 is 0 Å². The van der Waals surface area contributed by atoms with Crippen molar-refractivity contribution in [2.45, 2.75) is 52.0 Å².